The van der Waals surface area contributed by atoms with Crippen molar-refractivity contribution in [3.05, 3.63) is 144 Å². The summed E-state index contributed by atoms with van der Waals surface area (Å²) < 4.78 is 252. The first-order valence-corrected chi connectivity index (χ1v) is 24.1. The zero-order valence-corrected chi connectivity index (χ0v) is 41.3. The summed E-state index contributed by atoms with van der Waals surface area (Å²) >= 11 is -2.39. The molecular weight excluding hydrogens is 989 g/mol. The molecule has 348 valence electrons. The third kappa shape index (κ3) is 10.4. The van der Waals surface area contributed by atoms with E-state index in [0.29, 0.717) is 49.9 Å². The Morgan fingerprint density at radius 2 is 0.851 bits per heavy atom. The maximum atomic E-state index is 14.3. The van der Waals surface area contributed by atoms with Crippen LogP contribution in [-0.2, 0) is 23.6 Å². The number of ether oxygens (including phenoxy) is 1. The third-order valence-electron chi connectivity index (χ3n) is 10.8. The molecule has 8 rings (SSSR count). The summed E-state index contributed by atoms with van der Waals surface area (Å²) in [6, 6.07) is 0.238. The van der Waals surface area contributed by atoms with Crippen molar-refractivity contribution in [2.24, 2.45) is 10.8 Å². The second-order valence-corrected chi connectivity index (χ2v) is 23.3. The van der Waals surface area contributed by atoms with E-state index < -0.39 is 183 Å². The number of halogens is 6. The standard InChI is InChI=1S/C56H54F6N2OSe2/c1-51(2,3)41-23-39(47-49-37(19-21-63-47)27-45(66-49)35-15-11-33(12-16-35)31-53(7,8)55(57,58)59)25-43(29-41)65-44-26-40(24-42(30-44)52(4,5)6)48-50-38(20-22-64-48)28-46(67-50)36-17-13-34(14-18-36)32-54(9,10)56(60,61)62/h11-30H,31-32H2,1-10H3/i11D,12D,13D,14D,15D,16D,17D,18D,19D,20D,21D,22D,27D,28D,31D2,32D2. The fourth-order valence-corrected chi connectivity index (χ4v) is 10.8. The molecule has 0 saturated carbocycles. The fourth-order valence-electron chi connectivity index (χ4n) is 6.54. The van der Waals surface area contributed by atoms with E-state index in [1.807, 2.05) is 41.5 Å². The quantitative estimate of drug-likeness (QED) is 0.101. The summed E-state index contributed by atoms with van der Waals surface area (Å²) in [6.07, 6.45) is -18.4. The first kappa shape index (κ1) is 30.5. The maximum absolute atomic E-state index is 14.3. The van der Waals surface area contributed by atoms with Gasteiger partial charge in [-0.05, 0) is 0 Å². The van der Waals surface area contributed by atoms with Crippen LogP contribution in [0.1, 0.15) is 116 Å². The first-order valence-electron chi connectivity index (χ1n) is 29.7. The number of benzene rings is 4. The normalized spacial score (nSPS) is 17.4. The van der Waals surface area contributed by atoms with Gasteiger partial charge in [-0.1, -0.05) is 0 Å². The average molecular weight is 1060 g/mol. The minimum absolute atomic E-state index is 0.0844. The molecule has 0 radical (unpaired) electrons. The number of alkyl halides is 6. The topological polar surface area (TPSA) is 35.0 Å². The predicted octanol–water partition coefficient (Wildman–Crippen LogP) is 16.2. The number of pyridine rings is 2. The first-order chi connectivity index (χ1) is 38.6. The molecule has 0 amide bonds. The molecule has 0 atom stereocenters. The molecule has 11 heteroatoms. The molecule has 0 aliphatic rings. The van der Waals surface area contributed by atoms with Crippen molar-refractivity contribution in [3.8, 4) is 54.0 Å². The van der Waals surface area contributed by atoms with Gasteiger partial charge in [0, 0.05) is 0 Å². The van der Waals surface area contributed by atoms with Gasteiger partial charge in [0.15, 0.2) is 0 Å². The molecule has 0 N–H and O–H groups in total. The van der Waals surface area contributed by atoms with Crippen LogP contribution >= 0.6 is 0 Å². The van der Waals surface area contributed by atoms with Crippen LogP contribution in [0.3, 0.4) is 0 Å². The van der Waals surface area contributed by atoms with E-state index in [1.54, 1.807) is 36.4 Å². The van der Waals surface area contributed by atoms with Gasteiger partial charge in [0.25, 0.3) is 0 Å². The molecule has 67 heavy (non-hydrogen) atoms. The number of aromatic nitrogens is 2. The van der Waals surface area contributed by atoms with E-state index in [-0.39, 0.29) is 51.1 Å². The molecule has 0 bridgehead atoms. The summed E-state index contributed by atoms with van der Waals surface area (Å²) in [5, 5.41) is -0.229. The van der Waals surface area contributed by atoms with Crippen molar-refractivity contribution in [3.63, 3.8) is 0 Å². The second-order valence-electron chi connectivity index (χ2n) is 19.0. The molecule has 0 spiro atoms. The fraction of sp³-hybridized carbons (Fsp3) is 0.321. The Kier molecular flexibility index (Phi) is 8.00. The predicted molar refractivity (Wildman–Crippen MR) is 264 cm³/mol. The van der Waals surface area contributed by atoms with Crippen LogP contribution in [0.15, 0.2) is 121 Å². The van der Waals surface area contributed by atoms with E-state index in [2.05, 4.69) is 9.97 Å². The van der Waals surface area contributed by atoms with Crippen LogP contribution in [0.25, 0.3) is 61.8 Å². The molecule has 0 aliphatic carbocycles. The van der Waals surface area contributed by atoms with Crippen LogP contribution in [0.2, 0.25) is 0 Å². The zero-order chi connectivity index (χ0) is 64.3. The van der Waals surface area contributed by atoms with Crippen LogP contribution < -0.4 is 4.74 Å². The van der Waals surface area contributed by atoms with Crippen molar-refractivity contribution >= 4 is 48.3 Å². The number of hydrogen-bond donors (Lipinski definition) is 0. The molecule has 8 aromatic rings. The molecule has 4 aromatic carbocycles. The Labute approximate surface area is 426 Å². The van der Waals surface area contributed by atoms with Crippen LogP contribution in [0.4, 0.5) is 26.3 Å². The molecule has 0 saturated heterocycles. The molecule has 3 nitrogen and oxygen atoms in total. The molecule has 0 unspecified atom stereocenters. The van der Waals surface area contributed by atoms with E-state index in [9.17, 15) is 29.1 Å². The van der Waals surface area contributed by atoms with Gasteiger partial charge in [-0.2, -0.15) is 0 Å². The number of rotatable bonds is 10. The molecule has 4 heterocycles. The third-order valence-corrected chi connectivity index (χ3v) is 15.5. The zero-order valence-electron chi connectivity index (χ0n) is 55.9. The summed E-state index contributed by atoms with van der Waals surface area (Å²) in [5.74, 6) is 0.370. The van der Waals surface area contributed by atoms with Gasteiger partial charge in [-0.3, -0.25) is 0 Å². The van der Waals surface area contributed by atoms with Crippen LogP contribution in [-0.4, -0.2) is 51.3 Å². The average Bonchev–Trinajstić information content (AvgIpc) is 1.74. The molecule has 4 aromatic heterocycles. The Bertz CT molecular complexity index is 3800. The number of nitrogens with zero attached hydrogens (tertiary/aromatic N) is 2. The second kappa shape index (κ2) is 17.6. The Hall–Kier alpha value is -4.92. The molecule has 0 fully saturated rings. The van der Waals surface area contributed by atoms with Gasteiger partial charge in [0.05, 0.1) is 0 Å². The van der Waals surface area contributed by atoms with Crippen molar-refractivity contribution in [1.82, 2.24) is 9.97 Å². The van der Waals surface area contributed by atoms with Gasteiger partial charge < -0.3 is 0 Å². The number of fused-ring (bicyclic) bond motifs is 2. The van der Waals surface area contributed by atoms with Gasteiger partial charge >= 0.3 is 428 Å². The Morgan fingerprint density at radius 3 is 1.18 bits per heavy atom. The van der Waals surface area contributed by atoms with E-state index in [4.69, 9.17) is 26.7 Å². The van der Waals surface area contributed by atoms with E-state index in [1.165, 1.54) is 0 Å². The summed E-state index contributed by atoms with van der Waals surface area (Å²) in [4.78, 5) is 9.01. The van der Waals surface area contributed by atoms with Crippen molar-refractivity contribution in [2.45, 2.75) is 105 Å². The van der Waals surface area contributed by atoms with Crippen molar-refractivity contribution in [1.29, 1.82) is 0 Å². The van der Waals surface area contributed by atoms with E-state index >= 15 is 0 Å². The number of hydrogen-bond acceptors (Lipinski definition) is 3. The molecule has 0 aliphatic heterocycles. The summed E-state index contributed by atoms with van der Waals surface area (Å²) in [5.41, 5.74) is -8.77. The van der Waals surface area contributed by atoms with Gasteiger partial charge in [-0.15, -0.1) is 0 Å². The van der Waals surface area contributed by atoms with Crippen molar-refractivity contribution < 1.29 is 55.8 Å². The van der Waals surface area contributed by atoms with Gasteiger partial charge in [0.1, 0.15) is 0 Å². The van der Waals surface area contributed by atoms with E-state index in [0.717, 1.165) is 0 Å². The molecular formula is C56H54F6N2OSe2. The Balaban J connectivity index is 1.31. The van der Waals surface area contributed by atoms with Crippen LogP contribution in [0, 0.1) is 10.8 Å². The monoisotopic (exact) mass is 1060 g/mol. The van der Waals surface area contributed by atoms with Crippen LogP contribution in [0.5, 0.6) is 11.5 Å². The summed E-state index contributed by atoms with van der Waals surface area (Å²) in [7, 11) is 0. The Morgan fingerprint density at radius 1 is 0.493 bits per heavy atom. The SMILES string of the molecule is [2H]c1nc(-c2cc(Oc3cc(-c4nc([2H])c([2H])c5c([2H])c(-c6c([2H])c([2H])c(C([2H])([2H])C(C)(C)C(F)(F)F)c([2H])c6[2H])[se]c45)cc(C(C)(C)C)c3)cc(C(C)(C)C)c2)c2[se]c(-c3c([2H])c([2H])c(C([2H])([2H])C(C)(C)C(F)(F)F)c([2H])c3[2H])c([2H])c2c1[2H]. The van der Waals surface area contributed by atoms with Gasteiger partial charge in [0.2, 0.25) is 0 Å². The van der Waals surface area contributed by atoms with Crippen molar-refractivity contribution in [2.75, 3.05) is 0 Å². The summed E-state index contributed by atoms with van der Waals surface area (Å²) in [6.45, 7) is 13.6. The minimum atomic E-state index is -5.18. The van der Waals surface area contributed by atoms with Gasteiger partial charge in [-0.25, -0.2) is 0 Å².